The van der Waals surface area contributed by atoms with E-state index in [1.165, 1.54) is 0 Å². The summed E-state index contributed by atoms with van der Waals surface area (Å²) in [6.07, 6.45) is 4.11. The van der Waals surface area contributed by atoms with Gasteiger partial charge < -0.3 is 10.1 Å². The molecule has 0 aliphatic rings. The van der Waals surface area contributed by atoms with Crippen LogP contribution in [0.3, 0.4) is 0 Å². The third-order valence-electron chi connectivity index (χ3n) is 2.69. The second kappa shape index (κ2) is 6.66. The maximum Gasteiger partial charge on any atom is 0.0641 e. The first-order chi connectivity index (χ1) is 7.61. The number of nitrogens with zero attached hydrogens (tertiary/aromatic N) is 2. The van der Waals surface area contributed by atoms with E-state index in [4.69, 9.17) is 4.74 Å². The van der Waals surface area contributed by atoms with Crippen molar-refractivity contribution < 1.29 is 4.74 Å². The Morgan fingerprint density at radius 2 is 2.06 bits per heavy atom. The summed E-state index contributed by atoms with van der Waals surface area (Å²) < 4.78 is 7.45. The van der Waals surface area contributed by atoms with Crippen molar-refractivity contribution in [1.29, 1.82) is 0 Å². The molecule has 0 aromatic carbocycles. The molecule has 4 nitrogen and oxygen atoms in total. The van der Waals surface area contributed by atoms with E-state index in [0.717, 1.165) is 13.2 Å². The second-order valence-corrected chi connectivity index (χ2v) is 4.39. The highest BCUT2D eigenvalue weighted by molar-refractivity contribution is 4.83. The normalized spacial score (nSPS) is 15.3. The maximum atomic E-state index is 5.48. The molecule has 1 heterocycles. The van der Waals surface area contributed by atoms with Gasteiger partial charge in [-0.05, 0) is 33.8 Å². The van der Waals surface area contributed by atoms with Gasteiger partial charge in [-0.25, -0.2) is 0 Å². The van der Waals surface area contributed by atoms with Gasteiger partial charge in [0, 0.05) is 25.0 Å². The summed E-state index contributed by atoms with van der Waals surface area (Å²) in [5.74, 6) is 0. The monoisotopic (exact) mass is 225 g/mol. The Hall–Kier alpha value is -0.870. The van der Waals surface area contributed by atoms with Crippen molar-refractivity contribution in [3.05, 3.63) is 18.5 Å². The van der Waals surface area contributed by atoms with Crippen molar-refractivity contribution in [2.24, 2.45) is 0 Å². The number of nitrogens with one attached hydrogen (secondary N) is 1. The van der Waals surface area contributed by atoms with Crippen molar-refractivity contribution in [3.8, 4) is 0 Å². The average molecular weight is 225 g/mol. The van der Waals surface area contributed by atoms with Crippen LogP contribution < -0.4 is 5.32 Å². The Bertz CT molecular complexity index is 272. The van der Waals surface area contributed by atoms with E-state index >= 15 is 0 Å². The lowest BCUT2D eigenvalue weighted by Crippen LogP contribution is -2.36. The maximum absolute atomic E-state index is 5.48. The fourth-order valence-corrected chi connectivity index (χ4v) is 1.50. The molecule has 0 fully saturated rings. The summed E-state index contributed by atoms with van der Waals surface area (Å²) in [6, 6.07) is 2.69. The minimum Gasteiger partial charge on any atom is -0.377 e. The van der Waals surface area contributed by atoms with E-state index in [1.54, 1.807) is 0 Å². The second-order valence-electron chi connectivity index (χ2n) is 4.39. The summed E-state index contributed by atoms with van der Waals surface area (Å²) >= 11 is 0. The first-order valence-electron chi connectivity index (χ1n) is 5.95. The highest BCUT2D eigenvalue weighted by Gasteiger charge is 2.12. The van der Waals surface area contributed by atoms with Gasteiger partial charge in [-0.2, -0.15) is 5.10 Å². The van der Waals surface area contributed by atoms with Crippen molar-refractivity contribution in [2.75, 3.05) is 13.2 Å². The van der Waals surface area contributed by atoms with Crippen LogP contribution in [0.1, 0.15) is 33.7 Å². The molecule has 1 rings (SSSR count). The van der Waals surface area contributed by atoms with Gasteiger partial charge in [0.05, 0.1) is 18.8 Å². The van der Waals surface area contributed by atoms with Gasteiger partial charge in [0.2, 0.25) is 0 Å². The summed E-state index contributed by atoms with van der Waals surface area (Å²) in [4.78, 5) is 0. The molecule has 0 aliphatic carbocycles. The Labute approximate surface area is 98.0 Å². The molecular weight excluding hydrogens is 202 g/mol. The van der Waals surface area contributed by atoms with Crippen LogP contribution in [-0.2, 0) is 4.74 Å². The van der Waals surface area contributed by atoms with Crippen molar-refractivity contribution in [1.82, 2.24) is 15.1 Å². The molecule has 0 unspecified atom stereocenters. The molecule has 92 valence electrons. The lowest BCUT2D eigenvalue weighted by atomic mass is 10.2. The van der Waals surface area contributed by atoms with E-state index in [1.807, 2.05) is 23.1 Å². The number of ether oxygens (including phenoxy) is 1. The molecule has 1 aromatic heterocycles. The predicted octanol–water partition coefficient (Wildman–Crippen LogP) is 1.85. The SMILES string of the molecule is CC(C)OCCN[C@H](C)[C@H](C)n1cccn1. The van der Waals surface area contributed by atoms with E-state index in [9.17, 15) is 0 Å². The molecule has 0 bridgehead atoms. The topological polar surface area (TPSA) is 39.1 Å². The quantitative estimate of drug-likeness (QED) is 0.720. The number of hydrogen-bond acceptors (Lipinski definition) is 3. The van der Waals surface area contributed by atoms with Gasteiger partial charge in [-0.1, -0.05) is 0 Å². The van der Waals surface area contributed by atoms with Gasteiger partial charge in [0.15, 0.2) is 0 Å². The Morgan fingerprint density at radius 1 is 1.31 bits per heavy atom. The average Bonchev–Trinajstić information content (AvgIpc) is 2.76. The zero-order valence-corrected chi connectivity index (χ0v) is 10.7. The van der Waals surface area contributed by atoms with Crippen LogP contribution >= 0.6 is 0 Å². The molecule has 1 N–H and O–H groups in total. The van der Waals surface area contributed by atoms with Gasteiger partial charge >= 0.3 is 0 Å². The van der Waals surface area contributed by atoms with E-state index < -0.39 is 0 Å². The van der Waals surface area contributed by atoms with Crippen LogP contribution in [0.5, 0.6) is 0 Å². The van der Waals surface area contributed by atoms with Crippen LogP contribution in [0, 0.1) is 0 Å². The van der Waals surface area contributed by atoms with Gasteiger partial charge in [-0.15, -0.1) is 0 Å². The third kappa shape index (κ3) is 4.33. The highest BCUT2D eigenvalue weighted by Crippen LogP contribution is 2.08. The minimum absolute atomic E-state index is 0.306. The van der Waals surface area contributed by atoms with E-state index in [-0.39, 0.29) is 0 Å². The van der Waals surface area contributed by atoms with Crippen LogP contribution in [-0.4, -0.2) is 35.1 Å². The lowest BCUT2D eigenvalue weighted by Gasteiger charge is -2.22. The Kier molecular flexibility index (Phi) is 5.49. The van der Waals surface area contributed by atoms with Crippen molar-refractivity contribution in [2.45, 2.75) is 45.9 Å². The molecule has 16 heavy (non-hydrogen) atoms. The minimum atomic E-state index is 0.306. The van der Waals surface area contributed by atoms with E-state index in [0.29, 0.717) is 18.2 Å². The highest BCUT2D eigenvalue weighted by atomic mass is 16.5. The molecule has 0 saturated carbocycles. The first kappa shape index (κ1) is 13.2. The third-order valence-corrected chi connectivity index (χ3v) is 2.69. The van der Waals surface area contributed by atoms with Gasteiger partial charge in [0.1, 0.15) is 0 Å². The molecule has 0 radical (unpaired) electrons. The predicted molar refractivity (Wildman–Crippen MR) is 65.5 cm³/mol. The molecule has 2 atom stereocenters. The van der Waals surface area contributed by atoms with Gasteiger partial charge in [-0.3, -0.25) is 4.68 Å². The summed E-state index contributed by atoms with van der Waals surface area (Å²) in [7, 11) is 0. The molecular formula is C12H23N3O. The van der Waals surface area contributed by atoms with Crippen molar-refractivity contribution >= 4 is 0 Å². The molecule has 0 spiro atoms. The first-order valence-corrected chi connectivity index (χ1v) is 5.95. The Balaban J connectivity index is 2.22. The molecule has 1 aromatic rings. The van der Waals surface area contributed by atoms with Crippen LogP contribution in [0.2, 0.25) is 0 Å². The number of aromatic nitrogens is 2. The standard InChI is InChI=1S/C12H23N3O/c1-10(2)16-9-7-13-11(3)12(4)15-8-5-6-14-15/h5-6,8,10-13H,7,9H2,1-4H3/t11-,12+/m1/s1. The zero-order chi connectivity index (χ0) is 12.0. The Morgan fingerprint density at radius 3 is 2.62 bits per heavy atom. The van der Waals surface area contributed by atoms with Crippen molar-refractivity contribution in [3.63, 3.8) is 0 Å². The fourth-order valence-electron chi connectivity index (χ4n) is 1.50. The van der Waals surface area contributed by atoms with Crippen LogP contribution in [0.15, 0.2) is 18.5 Å². The van der Waals surface area contributed by atoms with Crippen LogP contribution in [0.4, 0.5) is 0 Å². The zero-order valence-electron chi connectivity index (χ0n) is 10.7. The molecule has 0 amide bonds. The van der Waals surface area contributed by atoms with E-state index in [2.05, 4.69) is 38.1 Å². The molecule has 0 aliphatic heterocycles. The summed E-state index contributed by atoms with van der Waals surface area (Å²) in [5.41, 5.74) is 0. The van der Waals surface area contributed by atoms with Gasteiger partial charge in [0.25, 0.3) is 0 Å². The molecule has 4 heteroatoms. The number of hydrogen-bond donors (Lipinski definition) is 1. The summed E-state index contributed by atoms with van der Waals surface area (Å²) in [6.45, 7) is 10.1. The fraction of sp³-hybridized carbons (Fsp3) is 0.750. The summed E-state index contributed by atoms with van der Waals surface area (Å²) in [5, 5.41) is 7.68. The number of rotatable bonds is 7. The largest absolute Gasteiger partial charge is 0.377 e. The van der Waals surface area contributed by atoms with Crippen LogP contribution in [0.25, 0.3) is 0 Å². The molecule has 0 saturated heterocycles. The smallest absolute Gasteiger partial charge is 0.0641 e. The lowest BCUT2D eigenvalue weighted by molar-refractivity contribution is 0.0786.